The molecule has 0 heterocycles. The maximum absolute atomic E-state index is 13.4. The zero-order valence-electron chi connectivity index (χ0n) is 10.6. The second-order valence-corrected chi connectivity index (χ2v) is 4.93. The number of benzene rings is 1. The SMILES string of the molecule is CCN(CC)CCSc1cccc(F)c1C(=O)O. The third kappa shape index (κ3) is 3.99. The van der Waals surface area contributed by atoms with Gasteiger partial charge in [-0.25, -0.2) is 9.18 Å². The van der Waals surface area contributed by atoms with E-state index in [0.717, 1.165) is 25.4 Å². The lowest BCUT2D eigenvalue weighted by atomic mass is 10.2. The van der Waals surface area contributed by atoms with Gasteiger partial charge in [-0.3, -0.25) is 0 Å². The van der Waals surface area contributed by atoms with Crippen LogP contribution in [0.25, 0.3) is 0 Å². The number of hydrogen-bond acceptors (Lipinski definition) is 3. The Morgan fingerprint density at radius 3 is 2.61 bits per heavy atom. The maximum atomic E-state index is 13.4. The number of carbonyl (C=O) groups is 1. The Labute approximate surface area is 111 Å². The van der Waals surface area contributed by atoms with E-state index in [2.05, 4.69) is 18.7 Å². The van der Waals surface area contributed by atoms with E-state index in [4.69, 9.17) is 5.11 Å². The molecule has 0 aliphatic rings. The van der Waals surface area contributed by atoms with Gasteiger partial charge in [-0.05, 0) is 25.2 Å². The van der Waals surface area contributed by atoms with Gasteiger partial charge < -0.3 is 10.0 Å². The van der Waals surface area contributed by atoms with Gasteiger partial charge in [0.2, 0.25) is 0 Å². The summed E-state index contributed by atoms with van der Waals surface area (Å²) < 4.78 is 13.4. The summed E-state index contributed by atoms with van der Waals surface area (Å²) in [6, 6.07) is 4.37. The first-order chi connectivity index (χ1) is 8.60. The normalized spacial score (nSPS) is 10.9. The Hall–Kier alpha value is -1.07. The predicted molar refractivity (Wildman–Crippen MR) is 71.9 cm³/mol. The summed E-state index contributed by atoms with van der Waals surface area (Å²) in [4.78, 5) is 13.7. The van der Waals surface area contributed by atoms with Crippen molar-refractivity contribution in [2.45, 2.75) is 18.7 Å². The molecule has 0 amide bonds. The molecule has 1 aromatic rings. The van der Waals surface area contributed by atoms with Gasteiger partial charge in [-0.1, -0.05) is 19.9 Å². The standard InChI is InChI=1S/C13H18FNO2S/c1-3-15(4-2)8-9-18-11-7-5-6-10(14)12(11)13(16)17/h5-7H,3-4,8-9H2,1-2H3,(H,16,17). The Balaban J connectivity index is 2.67. The zero-order chi connectivity index (χ0) is 13.5. The van der Waals surface area contributed by atoms with Gasteiger partial charge in [-0.2, -0.15) is 0 Å². The third-order valence-electron chi connectivity index (χ3n) is 2.75. The van der Waals surface area contributed by atoms with Crippen molar-refractivity contribution in [1.82, 2.24) is 4.90 Å². The maximum Gasteiger partial charge on any atom is 0.339 e. The van der Waals surface area contributed by atoms with Crippen molar-refractivity contribution in [3.8, 4) is 0 Å². The monoisotopic (exact) mass is 271 g/mol. The molecule has 0 aromatic heterocycles. The summed E-state index contributed by atoms with van der Waals surface area (Å²) in [5, 5.41) is 8.98. The summed E-state index contributed by atoms with van der Waals surface area (Å²) >= 11 is 1.39. The fourth-order valence-electron chi connectivity index (χ4n) is 1.66. The van der Waals surface area contributed by atoms with Crippen LogP contribution in [0.2, 0.25) is 0 Å². The quantitative estimate of drug-likeness (QED) is 0.774. The number of rotatable bonds is 7. The minimum atomic E-state index is -1.21. The van der Waals surface area contributed by atoms with E-state index < -0.39 is 11.8 Å². The number of carboxylic acids is 1. The fourth-order valence-corrected chi connectivity index (χ4v) is 2.73. The fraction of sp³-hybridized carbons (Fsp3) is 0.462. The minimum Gasteiger partial charge on any atom is -0.478 e. The number of thioether (sulfide) groups is 1. The summed E-state index contributed by atoms with van der Waals surface area (Å²) in [5.74, 6) is -1.13. The number of carboxylic acid groups (broad SMARTS) is 1. The first kappa shape index (κ1) is 15.0. The van der Waals surface area contributed by atoms with Crippen LogP contribution in [0.5, 0.6) is 0 Å². The second-order valence-electron chi connectivity index (χ2n) is 3.79. The third-order valence-corrected chi connectivity index (χ3v) is 3.79. The van der Waals surface area contributed by atoms with Gasteiger partial charge in [0.25, 0.3) is 0 Å². The summed E-state index contributed by atoms with van der Waals surface area (Å²) in [6.45, 7) is 6.96. The second kappa shape index (κ2) is 7.38. The number of hydrogen-bond donors (Lipinski definition) is 1. The van der Waals surface area contributed by atoms with Crippen molar-refractivity contribution >= 4 is 17.7 Å². The molecule has 0 unspecified atom stereocenters. The van der Waals surface area contributed by atoms with Gasteiger partial charge in [0.1, 0.15) is 11.4 Å². The average Bonchev–Trinajstić information content (AvgIpc) is 2.34. The van der Waals surface area contributed by atoms with E-state index in [-0.39, 0.29) is 5.56 Å². The summed E-state index contributed by atoms with van der Waals surface area (Å²) in [7, 11) is 0. The highest BCUT2D eigenvalue weighted by Gasteiger charge is 2.15. The van der Waals surface area contributed by atoms with Gasteiger partial charge in [0.15, 0.2) is 0 Å². The lowest BCUT2D eigenvalue weighted by molar-refractivity contribution is 0.0688. The van der Waals surface area contributed by atoms with E-state index >= 15 is 0 Å². The van der Waals surface area contributed by atoms with E-state index in [1.807, 2.05) is 0 Å². The molecule has 0 atom stereocenters. The van der Waals surface area contributed by atoms with Crippen LogP contribution in [0.3, 0.4) is 0 Å². The molecule has 1 N–H and O–H groups in total. The largest absolute Gasteiger partial charge is 0.478 e. The molecule has 0 saturated carbocycles. The van der Waals surface area contributed by atoms with Gasteiger partial charge in [-0.15, -0.1) is 11.8 Å². The molecule has 0 saturated heterocycles. The van der Waals surface area contributed by atoms with Crippen LogP contribution >= 0.6 is 11.8 Å². The molecule has 0 bridgehead atoms. The predicted octanol–water partition coefficient (Wildman–Crippen LogP) is 2.96. The number of aromatic carboxylic acids is 1. The van der Waals surface area contributed by atoms with Crippen molar-refractivity contribution < 1.29 is 14.3 Å². The van der Waals surface area contributed by atoms with Gasteiger partial charge >= 0.3 is 5.97 Å². The number of halogens is 1. The molecular formula is C13H18FNO2S. The van der Waals surface area contributed by atoms with Crippen LogP contribution in [0.4, 0.5) is 4.39 Å². The molecule has 0 fully saturated rings. The highest BCUT2D eigenvalue weighted by atomic mass is 32.2. The lowest BCUT2D eigenvalue weighted by Gasteiger charge is -2.17. The molecule has 0 aliphatic heterocycles. The summed E-state index contributed by atoms with van der Waals surface area (Å²) in [5.41, 5.74) is -0.220. The Kier molecular flexibility index (Phi) is 6.15. The van der Waals surface area contributed by atoms with Crippen molar-refractivity contribution in [1.29, 1.82) is 0 Å². The topological polar surface area (TPSA) is 40.5 Å². The van der Waals surface area contributed by atoms with E-state index in [1.165, 1.54) is 17.8 Å². The van der Waals surface area contributed by atoms with Crippen molar-refractivity contribution in [2.75, 3.05) is 25.4 Å². The van der Waals surface area contributed by atoms with Crippen LogP contribution in [0, 0.1) is 5.82 Å². The molecule has 0 aliphatic carbocycles. The summed E-state index contributed by atoms with van der Waals surface area (Å²) in [6.07, 6.45) is 0. The molecule has 0 spiro atoms. The first-order valence-electron chi connectivity index (χ1n) is 5.97. The molecule has 5 heteroatoms. The van der Waals surface area contributed by atoms with Crippen LogP contribution < -0.4 is 0 Å². The van der Waals surface area contributed by atoms with Crippen molar-refractivity contribution in [2.24, 2.45) is 0 Å². The first-order valence-corrected chi connectivity index (χ1v) is 6.95. The van der Waals surface area contributed by atoms with Gasteiger partial charge in [0.05, 0.1) is 0 Å². The van der Waals surface area contributed by atoms with E-state index in [9.17, 15) is 9.18 Å². The van der Waals surface area contributed by atoms with Crippen LogP contribution in [-0.2, 0) is 0 Å². The molecule has 1 aromatic carbocycles. The average molecular weight is 271 g/mol. The molecule has 3 nitrogen and oxygen atoms in total. The molecule has 100 valence electrons. The molecular weight excluding hydrogens is 253 g/mol. The molecule has 18 heavy (non-hydrogen) atoms. The van der Waals surface area contributed by atoms with Crippen molar-refractivity contribution in [3.63, 3.8) is 0 Å². The minimum absolute atomic E-state index is 0.220. The van der Waals surface area contributed by atoms with E-state index in [1.54, 1.807) is 12.1 Å². The Bertz CT molecular complexity index is 408. The molecule has 1 rings (SSSR count). The van der Waals surface area contributed by atoms with E-state index in [0.29, 0.717) is 4.90 Å². The van der Waals surface area contributed by atoms with Crippen LogP contribution in [0.1, 0.15) is 24.2 Å². The Morgan fingerprint density at radius 1 is 1.39 bits per heavy atom. The highest BCUT2D eigenvalue weighted by Crippen LogP contribution is 2.24. The smallest absolute Gasteiger partial charge is 0.339 e. The lowest BCUT2D eigenvalue weighted by Crippen LogP contribution is -2.25. The van der Waals surface area contributed by atoms with Crippen LogP contribution in [0.15, 0.2) is 23.1 Å². The van der Waals surface area contributed by atoms with Gasteiger partial charge in [0, 0.05) is 17.2 Å². The van der Waals surface area contributed by atoms with Crippen LogP contribution in [-0.4, -0.2) is 41.4 Å². The zero-order valence-corrected chi connectivity index (χ0v) is 11.5. The van der Waals surface area contributed by atoms with Crippen molar-refractivity contribution in [3.05, 3.63) is 29.6 Å². The molecule has 0 radical (unpaired) electrons. The Morgan fingerprint density at radius 2 is 2.06 bits per heavy atom. The highest BCUT2D eigenvalue weighted by molar-refractivity contribution is 7.99. The number of nitrogens with zero attached hydrogens (tertiary/aromatic N) is 1.